The summed E-state index contributed by atoms with van der Waals surface area (Å²) in [5, 5.41) is 4.93. The molecule has 0 bridgehead atoms. The molecule has 0 amide bonds. The minimum atomic E-state index is -0.431. The van der Waals surface area contributed by atoms with Gasteiger partial charge < -0.3 is 4.74 Å². The summed E-state index contributed by atoms with van der Waals surface area (Å²) in [5.41, 5.74) is 3.29. The Labute approximate surface area is 120 Å². The summed E-state index contributed by atoms with van der Waals surface area (Å²) in [4.78, 5) is 0. The van der Waals surface area contributed by atoms with Gasteiger partial charge in [0.1, 0.15) is 0 Å². The molecule has 1 aromatic heterocycles. The maximum Gasteiger partial charge on any atom is 0.0930 e. The van der Waals surface area contributed by atoms with Gasteiger partial charge in [0.25, 0.3) is 0 Å². The molecular weight excluding hydrogens is 264 g/mol. The van der Waals surface area contributed by atoms with E-state index in [1.807, 2.05) is 18.5 Å². The third kappa shape index (κ3) is 3.28. The van der Waals surface area contributed by atoms with Crippen LogP contribution in [-0.4, -0.2) is 22.0 Å². The quantitative estimate of drug-likeness (QED) is 0.598. The number of hydrogen-bond acceptors (Lipinski definition) is 4. The zero-order chi connectivity index (χ0) is 14.6. The number of hydrogen-bond donors (Lipinski definition) is 2. The van der Waals surface area contributed by atoms with Crippen molar-refractivity contribution in [3.05, 3.63) is 16.9 Å². The van der Waals surface area contributed by atoms with Gasteiger partial charge in [-0.25, -0.2) is 5.43 Å². The number of rotatable bonds is 7. The van der Waals surface area contributed by atoms with E-state index in [9.17, 15) is 0 Å². The molecule has 3 N–H and O–H groups in total. The number of nitrogens with zero attached hydrogens (tertiary/aromatic N) is 2. The van der Waals surface area contributed by atoms with Gasteiger partial charge in [0, 0.05) is 12.6 Å². The number of nitrogens with one attached hydrogen (secondary N) is 1. The van der Waals surface area contributed by atoms with Crippen molar-refractivity contribution < 1.29 is 4.74 Å². The molecule has 0 radical (unpaired) electrons. The van der Waals surface area contributed by atoms with Gasteiger partial charge in [-0.05, 0) is 34.1 Å². The number of hydrazine groups is 1. The average Bonchev–Trinajstić information content (AvgIpc) is 2.73. The molecule has 0 aliphatic heterocycles. The highest BCUT2D eigenvalue weighted by Crippen LogP contribution is 2.36. The van der Waals surface area contributed by atoms with Crippen LogP contribution in [0.3, 0.4) is 0 Å². The fraction of sp³-hybridized carbons (Fsp3) is 0.769. The molecule has 2 unspecified atom stereocenters. The lowest BCUT2D eigenvalue weighted by Crippen LogP contribution is -2.47. The molecule has 19 heavy (non-hydrogen) atoms. The maximum atomic E-state index is 6.29. The van der Waals surface area contributed by atoms with E-state index < -0.39 is 5.60 Å². The largest absolute Gasteiger partial charge is 0.373 e. The van der Waals surface area contributed by atoms with Gasteiger partial charge >= 0.3 is 0 Å². The third-order valence-electron chi connectivity index (χ3n) is 3.50. The van der Waals surface area contributed by atoms with E-state index in [-0.39, 0.29) is 12.1 Å². The highest BCUT2D eigenvalue weighted by molar-refractivity contribution is 6.31. The molecule has 1 rings (SSSR count). The van der Waals surface area contributed by atoms with E-state index in [0.29, 0.717) is 11.6 Å². The van der Waals surface area contributed by atoms with Crippen LogP contribution in [0.1, 0.15) is 58.8 Å². The molecule has 5 nitrogen and oxygen atoms in total. The second-order valence-electron chi connectivity index (χ2n) is 5.11. The van der Waals surface area contributed by atoms with E-state index in [2.05, 4.69) is 31.3 Å². The first-order chi connectivity index (χ1) is 8.91. The van der Waals surface area contributed by atoms with Crippen LogP contribution in [-0.2, 0) is 4.74 Å². The second-order valence-corrected chi connectivity index (χ2v) is 5.52. The average molecular weight is 289 g/mol. The Morgan fingerprint density at radius 2 is 2.16 bits per heavy atom. The Bertz CT molecular complexity index is 407. The Morgan fingerprint density at radius 1 is 1.53 bits per heavy atom. The van der Waals surface area contributed by atoms with Crippen molar-refractivity contribution in [2.45, 2.75) is 58.7 Å². The van der Waals surface area contributed by atoms with Crippen LogP contribution in [0.15, 0.2) is 6.20 Å². The zero-order valence-corrected chi connectivity index (χ0v) is 13.2. The molecule has 0 fully saturated rings. The first-order valence-electron chi connectivity index (χ1n) is 6.74. The Morgan fingerprint density at radius 3 is 2.58 bits per heavy atom. The van der Waals surface area contributed by atoms with E-state index in [4.69, 9.17) is 22.2 Å². The highest BCUT2D eigenvalue weighted by Gasteiger charge is 2.37. The van der Waals surface area contributed by atoms with Crippen LogP contribution in [0.5, 0.6) is 0 Å². The molecule has 0 aromatic carbocycles. The van der Waals surface area contributed by atoms with Gasteiger partial charge in [-0.3, -0.25) is 10.5 Å². The number of ether oxygens (including phenoxy) is 1. The van der Waals surface area contributed by atoms with Gasteiger partial charge in [-0.15, -0.1) is 0 Å². The fourth-order valence-electron chi connectivity index (χ4n) is 2.30. The smallest absolute Gasteiger partial charge is 0.0930 e. The summed E-state index contributed by atoms with van der Waals surface area (Å²) in [6.07, 6.45) is 2.47. The van der Waals surface area contributed by atoms with Crippen molar-refractivity contribution in [2.24, 2.45) is 5.84 Å². The number of aromatic nitrogens is 2. The zero-order valence-electron chi connectivity index (χ0n) is 12.4. The molecule has 1 aromatic rings. The monoisotopic (exact) mass is 288 g/mol. The van der Waals surface area contributed by atoms with Crippen LogP contribution in [0.4, 0.5) is 0 Å². The lowest BCUT2D eigenvalue weighted by atomic mass is 9.90. The summed E-state index contributed by atoms with van der Waals surface area (Å²) in [6.45, 7) is 10.8. The minimum Gasteiger partial charge on any atom is -0.373 e. The van der Waals surface area contributed by atoms with E-state index in [0.717, 1.165) is 12.1 Å². The van der Waals surface area contributed by atoms with E-state index >= 15 is 0 Å². The normalized spacial score (nSPS) is 16.6. The standard InChI is InChI=1S/C13H25ClN4O/c1-6-13(5,19-7-2)12(17-15)11-10(14)8-16-18(11)9(3)4/h8-9,12,17H,6-7,15H2,1-5H3. The number of nitrogens with two attached hydrogens (primary N) is 1. The second kappa shape index (κ2) is 6.70. The summed E-state index contributed by atoms with van der Waals surface area (Å²) < 4.78 is 7.79. The Balaban J connectivity index is 3.26. The van der Waals surface area contributed by atoms with Crippen LogP contribution in [0.25, 0.3) is 0 Å². The van der Waals surface area contributed by atoms with Crippen molar-refractivity contribution in [1.29, 1.82) is 0 Å². The highest BCUT2D eigenvalue weighted by atomic mass is 35.5. The van der Waals surface area contributed by atoms with Crippen molar-refractivity contribution in [3.8, 4) is 0 Å². The van der Waals surface area contributed by atoms with Crippen molar-refractivity contribution >= 4 is 11.6 Å². The first-order valence-corrected chi connectivity index (χ1v) is 7.12. The van der Waals surface area contributed by atoms with Gasteiger partial charge in [-0.2, -0.15) is 5.10 Å². The summed E-state index contributed by atoms with van der Waals surface area (Å²) in [7, 11) is 0. The maximum absolute atomic E-state index is 6.29. The van der Waals surface area contributed by atoms with E-state index in [1.54, 1.807) is 6.20 Å². The van der Waals surface area contributed by atoms with Crippen molar-refractivity contribution in [2.75, 3.05) is 6.61 Å². The first kappa shape index (κ1) is 16.4. The Hall–Kier alpha value is -0.620. The fourth-order valence-corrected chi connectivity index (χ4v) is 2.54. The summed E-state index contributed by atoms with van der Waals surface area (Å²) >= 11 is 6.29. The lowest BCUT2D eigenvalue weighted by molar-refractivity contribution is -0.0584. The number of halogens is 1. The van der Waals surface area contributed by atoms with Gasteiger partial charge in [0.05, 0.1) is 28.6 Å². The molecule has 1 heterocycles. The van der Waals surface area contributed by atoms with Crippen molar-refractivity contribution in [3.63, 3.8) is 0 Å². The lowest BCUT2D eigenvalue weighted by Gasteiger charge is -2.37. The van der Waals surface area contributed by atoms with Crippen LogP contribution < -0.4 is 11.3 Å². The van der Waals surface area contributed by atoms with Gasteiger partial charge in [-0.1, -0.05) is 18.5 Å². The van der Waals surface area contributed by atoms with Gasteiger partial charge in [0.15, 0.2) is 0 Å². The molecule has 2 atom stereocenters. The van der Waals surface area contributed by atoms with Crippen LogP contribution in [0, 0.1) is 0 Å². The molecule has 0 saturated carbocycles. The molecule has 0 spiro atoms. The van der Waals surface area contributed by atoms with Crippen LogP contribution in [0.2, 0.25) is 5.02 Å². The molecule has 6 heteroatoms. The summed E-state index contributed by atoms with van der Waals surface area (Å²) in [5.74, 6) is 5.76. The van der Waals surface area contributed by atoms with Gasteiger partial charge in [0.2, 0.25) is 0 Å². The summed E-state index contributed by atoms with van der Waals surface area (Å²) in [6, 6.07) is -0.00377. The molecule has 110 valence electrons. The Kier molecular flexibility index (Phi) is 5.80. The van der Waals surface area contributed by atoms with E-state index in [1.165, 1.54) is 0 Å². The predicted molar refractivity (Wildman–Crippen MR) is 78.0 cm³/mol. The molecule has 0 aliphatic carbocycles. The predicted octanol–water partition coefficient (Wildman–Crippen LogP) is 2.83. The molecule has 0 saturated heterocycles. The van der Waals surface area contributed by atoms with Crippen LogP contribution >= 0.6 is 11.6 Å². The molecule has 0 aliphatic rings. The minimum absolute atomic E-state index is 0.209. The topological polar surface area (TPSA) is 65.1 Å². The van der Waals surface area contributed by atoms with Crippen molar-refractivity contribution in [1.82, 2.24) is 15.2 Å². The third-order valence-corrected chi connectivity index (χ3v) is 3.79. The SMILES string of the molecule is CCOC(C)(CC)C(NN)c1c(Cl)cnn1C(C)C. The molecular formula is C13H25ClN4O.